The summed E-state index contributed by atoms with van der Waals surface area (Å²) in [6, 6.07) is 3.66. The summed E-state index contributed by atoms with van der Waals surface area (Å²) < 4.78 is 7.03. The lowest BCUT2D eigenvalue weighted by molar-refractivity contribution is -0.134. The van der Waals surface area contributed by atoms with Crippen LogP contribution in [0, 0.1) is 0 Å². The number of amides is 1. The number of aromatic nitrogens is 3. The molecule has 128 valence electrons. The van der Waals surface area contributed by atoms with Crippen LogP contribution in [0.1, 0.15) is 14.5 Å². The molecule has 0 atom stereocenters. The van der Waals surface area contributed by atoms with Crippen molar-refractivity contribution in [2.24, 2.45) is 7.05 Å². The number of morpholine rings is 1. The number of ketones is 1. The number of carbonyl (C=O) groups is 2. The first-order valence-electron chi connectivity index (χ1n) is 7.57. The van der Waals surface area contributed by atoms with E-state index in [9.17, 15) is 9.59 Å². The minimum absolute atomic E-state index is 0.0399. The van der Waals surface area contributed by atoms with Gasteiger partial charge in [0.05, 0.1) is 30.3 Å². The Morgan fingerprint density at radius 1 is 1.33 bits per heavy atom. The fourth-order valence-electron chi connectivity index (χ4n) is 2.30. The van der Waals surface area contributed by atoms with Gasteiger partial charge in [-0.15, -0.1) is 21.5 Å². The maximum atomic E-state index is 12.3. The molecule has 2 aromatic rings. The zero-order valence-corrected chi connectivity index (χ0v) is 14.9. The minimum Gasteiger partial charge on any atom is -0.378 e. The second-order valence-corrected chi connectivity index (χ2v) is 7.48. The molecular weight excluding hydrogens is 348 g/mol. The standard InChI is InChI=1S/C15H18N4O3S2/c1-18-10-16-17-15(18)23-9-12(20)13-3-2-11(24-13)8-14(21)19-4-6-22-7-5-19/h2-3,10H,4-9H2,1H3. The van der Waals surface area contributed by atoms with E-state index < -0.39 is 0 Å². The molecule has 1 aliphatic rings. The predicted octanol–water partition coefficient (Wildman–Crippen LogP) is 1.25. The first-order valence-corrected chi connectivity index (χ1v) is 9.38. The molecule has 0 aromatic carbocycles. The van der Waals surface area contributed by atoms with Crippen molar-refractivity contribution < 1.29 is 14.3 Å². The number of Topliss-reactive ketones (excluding diaryl/α,β-unsaturated/α-hetero) is 1. The quantitative estimate of drug-likeness (QED) is 0.566. The Morgan fingerprint density at radius 2 is 2.12 bits per heavy atom. The number of carbonyl (C=O) groups excluding carboxylic acids is 2. The van der Waals surface area contributed by atoms with Crippen molar-refractivity contribution >= 4 is 34.8 Å². The second kappa shape index (κ2) is 7.91. The number of nitrogens with zero attached hydrogens (tertiary/aromatic N) is 4. The van der Waals surface area contributed by atoms with Crippen LogP contribution in [0.15, 0.2) is 23.6 Å². The number of thiophene rings is 1. The molecule has 1 aliphatic heterocycles. The summed E-state index contributed by atoms with van der Waals surface area (Å²) in [6.07, 6.45) is 1.95. The number of rotatable bonds is 6. The fraction of sp³-hybridized carbons (Fsp3) is 0.467. The van der Waals surface area contributed by atoms with Gasteiger partial charge >= 0.3 is 0 Å². The highest BCUT2D eigenvalue weighted by Gasteiger charge is 2.19. The Kier molecular flexibility index (Phi) is 5.64. The first kappa shape index (κ1) is 17.1. The maximum Gasteiger partial charge on any atom is 0.227 e. The number of aryl methyl sites for hydroxylation is 1. The number of thioether (sulfide) groups is 1. The molecule has 1 fully saturated rings. The van der Waals surface area contributed by atoms with Crippen molar-refractivity contribution in [3.8, 4) is 0 Å². The van der Waals surface area contributed by atoms with Gasteiger partial charge in [0.15, 0.2) is 10.9 Å². The molecule has 7 nitrogen and oxygen atoms in total. The summed E-state index contributed by atoms with van der Waals surface area (Å²) in [6.45, 7) is 2.48. The van der Waals surface area contributed by atoms with Crippen molar-refractivity contribution in [2.45, 2.75) is 11.6 Å². The smallest absolute Gasteiger partial charge is 0.227 e. The molecule has 0 radical (unpaired) electrons. The fourth-order valence-corrected chi connectivity index (χ4v) is 4.10. The molecule has 0 spiro atoms. The van der Waals surface area contributed by atoms with Gasteiger partial charge in [-0.25, -0.2) is 0 Å². The molecule has 0 bridgehead atoms. The third-order valence-electron chi connectivity index (χ3n) is 3.63. The third-order valence-corrected chi connectivity index (χ3v) is 5.79. The first-order chi connectivity index (χ1) is 11.6. The summed E-state index contributed by atoms with van der Waals surface area (Å²) in [5, 5.41) is 8.44. The van der Waals surface area contributed by atoms with Gasteiger partial charge < -0.3 is 14.2 Å². The highest BCUT2D eigenvalue weighted by molar-refractivity contribution is 7.99. The SMILES string of the molecule is Cn1cnnc1SCC(=O)c1ccc(CC(=O)N2CCOCC2)s1. The second-order valence-electron chi connectivity index (χ2n) is 5.37. The Balaban J connectivity index is 1.53. The van der Waals surface area contributed by atoms with Crippen LogP contribution in [0.5, 0.6) is 0 Å². The van der Waals surface area contributed by atoms with E-state index in [-0.39, 0.29) is 11.7 Å². The summed E-state index contributed by atoms with van der Waals surface area (Å²) in [7, 11) is 1.84. The van der Waals surface area contributed by atoms with Crippen LogP contribution in [-0.2, 0) is 23.0 Å². The molecule has 24 heavy (non-hydrogen) atoms. The Bertz CT molecular complexity index is 722. The van der Waals surface area contributed by atoms with Gasteiger partial charge in [0.25, 0.3) is 0 Å². The molecular formula is C15H18N4O3S2. The zero-order chi connectivity index (χ0) is 16.9. The van der Waals surface area contributed by atoms with Crippen LogP contribution < -0.4 is 0 Å². The highest BCUT2D eigenvalue weighted by Crippen LogP contribution is 2.22. The molecule has 0 aliphatic carbocycles. The Labute approximate surface area is 148 Å². The van der Waals surface area contributed by atoms with Crippen LogP contribution in [0.25, 0.3) is 0 Å². The molecule has 3 rings (SSSR count). The third kappa shape index (κ3) is 4.22. The molecule has 2 aromatic heterocycles. The maximum absolute atomic E-state index is 12.3. The zero-order valence-electron chi connectivity index (χ0n) is 13.3. The minimum atomic E-state index is 0.0399. The van der Waals surface area contributed by atoms with Crippen molar-refractivity contribution in [1.82, 2.24) is 19.7 Å². The molecule has 0 unspecified atom stereocenters. The van der Waals surface area contributed by atoms with Gasteiger partial charge in [-0.1, -0.05) is 11.8 Å². The van der Waals surface area contributed by atoms with Gasteiger partial charge in [0.2, 0.25) is 5.91 Å². The van der Waals surface area contributed by atoms with Gasteiger partial charge in [0, 0.05) is 25.0 Å². The number of hydrogen-bond donors (Lipinski definition) is 0. The van der Waals surface area contributed by atoms with E-state index in [0.29, 0.717) is 48.5 Å². The summed E-state index contributed by atoms with van der Waals surface area (Å²) >= 11 is 2.75. The largest absolute Gasteiger partial charge is 0.378 e. The van der Waals surface area contributed by atoms with E-state index >= 15 is 0 Å². The van der Waals surface area contributed by atoms with Crippen molar-refractivity contribution in [1.29, 1.82) is 0 Å². The topological polar surface area (TPSA) is 77.3 Å². The predicted molar refractivity (Wildman–Crippen MR) is 91.5 cm³/mol. The Morgan fingerprint density at radius 3 is 2.83 bits per heavy atom. The van der Waals surface area contributed by atoms with E-state index in [1.54, 1.807) is 17.0 Å². The van der Waals surface area contributed by atoms with Gasteiger partial charge in [0.1, 0.15) is 6.33 Å². The Hall–Kier alpha value is -1.71. The molecule has 9 heteroatoms. The summed E-state index contributed by atoms with van der Waals surface area (Å²) in [4.78, 5) is 27.9. The lowest BCUT2D eigenvalue weighted by atomic mass is 10.3. The lowest BCUT2D eigenvalue weighted by Crippen LogP contribution is -2.41. The number of hydrogen-bond acceptors (Lipinski definition) is 7. The van der Waals surface area contributed by atoms with E-state index in [2.05, 4.69) is 10.2 Å². The molecule has 1 amide bonds. The normalized spacial score (nSPS) is 14.8. The van der Waals surface area contributed by atoms with E-state index in [1.807, 2.05) is 18.0 Å². The molecule has 3 heterocycles. The monoisotopic (exact) mass is 366 g/mol. The van der Waals surface area contributed by atoms with Crippen LogP contribution in [0.3, 0.4) is 0 Å². The van der Waals surface area contributed by atoms with Gasteiger partial charge in [-0.05, 0) is 12.1 Å². The molecule has 1 saturated heterocycles. The van der Waals surface area contributed by atoms with Gasteiger partial charge in [-0.2, -0.15) is 0 Å². The van der Waals surface area contributed by atoms with Crippen LogP contribution in [0.2, 0.25) is 0 Å². The van der Waals surface area contributed by atoms with E-state index in [0.717, 1.165) is 4.88 Å². The van der Waals surface area contributed by atoms with Crippen molar-refractivity contribution in [2.75, 3.05) is 32.1 Å². The molecule has 0 N–H and O–H groups in total. The van der Waals surface area contributed by atoms with Crippen LogP contribution in [-0.4, -0.2) is 63.4 Å². The highest BCUT2D eigenvalue weighted by atomic mass is 32.2. The van der Waals surface area contributed by atoms with Gasteiger partial charge in [-0.3, -0.25) is 9.59 Å². The van der Waals surface area contributed by atoms with E-state index in [4.69, 9.17) is 4.74 Å². The van der Waals surface area contributed by atoms with Crippen molar-refractivity contribution in [3.05, 3.63) is 28.2 Å². The summed E-state index contributed by atoms with van der Waals surface area (Å²) in [5.41, 5.74) is 0. The van der Waals surface area contributed by atoms with Crippen LogP contribution in [0.4, 0.5) is 0 Å². The average molecular weight is 366 g/mol. The number of ether oxygens (including phenoxy) is 1. The lowest BCUT2D eigenvalue weighted by Gasteiger charge is -2.26. The van der Waals surface area contributed by atoms with E-state index in [1.165, 1.54) is 23.1 Å². The van der Waals surface area contributed by atoms with Crippen LogP contribution >= 0.6 is 23.1 Å². The molecule has 0 saturated carbocycles. The summed E-state index contributed by atoms with van der Waals surface area (Å²) in [5.74, 6) is 0.440. The average Bonchev–Trinajstić information content (AvgIpc) is 3.22. The van der Waals surface area contributed by atoms with Crippen molar-refractivity contribution in [3.63, 3.8) is 0 Å².